The highest BCUT2D eigenvalue weighted by Gasteiger charge is 2.19. The van der Waals surface area contributed by atoms with Gasteiger partial charge in [0.2, 0.25) is 0 Å². The lowest BCUT2D eigenvalue weighted by Gasteiger charge is -2.22. The van der Waals surface area contributed by atoms with Crippen molar-refractivity contribution in [3.05, 3.63) is 63.8 Å². The molecule has 2 aromatic rings. The van der Waals surface area contributed by atoms with Crippen LogP contribution in [-0.2, 0) is 6.61 Å². The zero-order valence-corrected chi connectivity index (χ0v) is 14.9. The van der Waals surface area contributed by atoms with Crippen molar-refractivity contribution in [3.8, 4) is 5.75 Å². The van der Waals surface area contributed by atoms with E-state index in [0.717, 1.165) is 18.0 Å². The number of rotatable bonds is 4. The molecule has 1 atom stereocenters. The summed E-state index contributed by atoms with van der Waals surface area (Å²) in [6, 6.07) is 3.70. The van der Waals surface area contributed by atoms with Crippen LogP contribution in [0, 0.1) is 24.5 Å². The maximum Gasteiger partial charge on any atom is 0.258 e. The molecule has 136 valence electrons. The van der Waals surface area contributed by atoms with Crippen molar-refractivity contribution in [2.45, 2.75) is 20.5 Å². The molecular formula is C18H16ClF2N3O2. The highest BCUT2D eigenvalue weighted by atomic mass is 35.5. The third kappa shape index (κ3) is 3.83. The van der Waals surface area contributed by atoms with Gasteiger partial charge in [-0.05, 0) is 13.0 Å². The summed E-state index contributed by atoms with van der Waals surface area (Å²) in [5.74, 6) is -1.25. The molecule has 0 amide bonds. The van der Waals surface area contributed by atoms with E-state index in [2.05, 4.69) is 9.98 Å². The monoisotopic (exact) mass is 379 g/mol. The first kappa shape index (κ1) is 18.3. The average molecular weight is 380 g/mol. The number of hydrogen-bond donors (Lipinski definition) is 0. The third-order valence-electron chi connectivity index (χ3n) is 4.00. The molecule has 0 bridgehead atoms. The van der Waals surface area contributed by atoms with E-state index in [4.69, 9.17) is 16.3 Å². The maximum absolute atomic E-state index is 13.6. The van der Waals surface area contributed by atoms with Crippen LogP contribution < -0.4 is 10.3 Å². The fraction of sp³-hybridized carbons (Fsp3) is 0.278. The number of nitrogens with zero attached hydrogens (tertiary/aromatic N) is 3. The number of halogens is 3. The fourth-order valence-electron chi connectivity index (χ4n) is 2.70. The topological polar surface area (TPSA) is 56.5 Å². The quantitative estimate of drug-likeness (QED) is 0.816. The lowest BCUT2D eigenvalue weighted by Crippen LogP contribution is -2.26. The van der Waals surface area contributed by atoms with Gasteiger partial charge in [0.15, 0.2) is 5.82 Å². The number of pyridine rings is 2. The summed E-state index contributed by atoms with van der Waals surface area (Å²) in [6.45, 7) is 4.01. The Labute approximate surface area is 153 Å². The van der Waals surface area contributed by atoms with Gasteiger partial charge in [0.25, 0.3) is 5.56 Å². The summed E-state index contributed by atoms with van der Waals surface area (Å²) >= 11 is 5.97. The van der Waals surface area contributed by atoms with Crippen LogP contribution in [0.3, 0.4) is 0 Å². The Balaban J connectivity index is 1.86. The maximum atomic E-state index is 13.6. The predicted molar refractivity (Wildman–Crippen MR) is 95.5 cm³/mol. The number of hydrogen-bond acceptors (Lipinski definition) is 4. The Hall–Kier alpha value is -2.54. The average Bonchev–Trinajstić information content (AvgIpc) is 2.56. The lowest BCUT2D eigenvalue weighted by atomic mass is 10.1. The number of allylic oxidation sites excluding steroid dienone is 1. The van der Waals surface area contributed by atoms with Gasteiger partial charge in [0.05, 0.1) is 6.20 Å². The van der Waals surface area contributed by atoms with Crippen LogP contribution in [0.2, 0.25) is 0 Å². The minimum atomic E-state index is -0.801. The van der Waals surface area contributed by atoms with Crippen molar-refractivity contribution in [3.63, 3.8) is 0 Å². The number of aliphatic imine (C=N–C) groups is 1. The highest BCUT2D eigenvalue weighted by Crippen LogP contribution is 2.23. The van der Waals surface area contributed by atoms with Gasteiger partial charge in [0, 0.05) is 42.1 Å². The molecule has 8 heteroatoms. The SMILES string of the molecule is Cc1cc(OCc2ncc(F)cc2F)cc(=O)n1C1=CC(Cl)=NCC1C. The molecule has 3 heterocycles. The van der Waals surface area contributed by atoms with Gasteiger partial charge in [-0.3, -0.25) is 19.3 Å². The first-order valence-corrected chi connectivity index (χ1v) is 8.31. The standard InChI is InChI=1S/C18H16ClF2N3O2/c1-10-7-23-17(19)6-16(10)24-11(2)3-13(5-18(24)25)26-9-15-14(21)4-12(20)8-22-15/h3-6,8,10H,7,9H2,1-2H3. The smallest absolute Gasteiger partial charge is 0.258 e. The van der Waals surface area contributed by atoms with E-state index in [1.807, 2.05) is 6.92 Å². The number of dihydropyridines is 1. The summed E-state index contributed by atoms with van der Waals surface area (Å²) in [6.07, 6.45) is 2.58. The molecule has 0 spiro atoms. The van der Waals surface area contributed by atoms with Crippen molar-refractivity contribution in [1.29, 1.82) is 0 Å². The Morgan fingerprint density at radius 2 is 2.12 bits per heavy atom. The molecule has 0 N–H and O–H groups in total. The Kier molecular flexibility index (Phi) is 5.18. The molecule has 5 nitrogen and oxygen atoms in total. The zero-order valence-electron chi connectivity index (χ0n) is 14.2. The molecule has 0 aliphatic carbocycles. The minimum Gasteiger partial charge on any atom is -0.487 e. The van der Waals surface area contributed by atoms with Gasteiger partial charge in [-0.1, -0.05) is 18.5 Å². The third-order valence-corrected chi connectivity index (χ3v) is 4.22. The molecule has 1 aliphatic rings. The second-order valence-electron chi connectivity index (χ2n) is 6.01. The lowest BCUT2D eigenvalue weighted by molar-refractivity contribution is 0.292. The van der Waals surface area contributed by atoms with Gasteiger partial charge in [-0.25, -0.2) is 8.78 Å². The molecule has 26 heavy (non-hydrogen) atoms. The van der Waals surface area contributed by atoms with Gasteiger partial charge in [-0.2, -0.15) is 0 Å². The van der Waals surface area contributed by atoms with Gasteiger partial charge in [0.1, 0.15) is 29.0 Å². The first-order chi connectivity index (χ1) is 12.3. The minimum absolute atomic E-state index is 0.0400. The van der Waals surface area contributed by atoms with Gasteiger partial charge >= 0.3 is 0 Å². The van der Waals surface area contributed by atoms with Crippen LogP contribution in [0.15, 0.2) is 40.3 Å². The summed E-state index contributed by atoms with van der Waals surface area (Å²) in [5.41, 5.74) is 1.06. The second kappa shape index (κ2) is 7.37. The first-order valence-electron chi connectivity index (χ1n) is 7.93. The van der Waals surface area contributed by atoms with Crippen LogP contribution in [0.5, 0.6) is 5.75 Å². The molecule has 2 aromatic heterocycles. The van der Waals surface area contributed by atoms with E-state index >= 15 is 0 Å². The fourth-order valence-corrected chi connectivity index (χ4v) is 2.88. The Bertz CT molecular complexity index is 969. The number of ether oxygens (including phenoxy) is 1. The van der Waals surface area contributed by atoms with Crippen LogP contribution in [0.25, 0.3) is 5.70 Å². The molecular weight excluding hydrogens is 364 g/mol. The highest BCUT2D eigenvalue weighted by molar-refractivity contribution is 6.69. The molecule has 0 aromatic carbocycles. The van der Waals surface area contributed by atoms with E-state index in [1.165, 1.54) is 6.07 Å². The molecule has 1 unspecified atom stereocenters. The van der Waals surface area contributed by atoms with Crippen LogP contribution >= 0.6 is 11.6 Å². The van der Waals surface area contributed by atoms with Crippen molar-refractivity contribution in [2.75, 3.05) is 6.54 Å². The molecule has 0 saturated heterocycles. The Morgan fingerprint density at radius 1 is 1.35 bits per heavy atom. The van der Waals surface area contributed by atoms with E-state index in [9.17, 15) is 13.6 Å². The van der Waals surface area contributed by atoms with E-state index in [-0.39, 0.29) is 29.5 Å². The van der Waals surface area contributed by atoms with Crippen LogP contribution in [-0.4, -0.2) is 21.3 Å². The predicted octanol–water partition coefficient (Wildman–Crippen LogP) is 3.54. The molecule has 0 saturated carbocycles. The van der Waals surface area contributed by atoms with E-state index in [0.29, 0.717) is 17.4 Å². The largest absolute Gasteiger partial charge is 0.487 e. The van der Waals surface area contributed by atoms with Gasteiger partial charge < -0.3 is 4.74 Å². The summed E-state index contributed by atoms with van der Waals surface area (Å²) in [4.78, 5) is 20.3. The summed E-state index contributed by atoms with van der Waals surface area (Å²) in [7, 11) is 0. The van der Waals surface area contributed by atoms with Crippen molar-refractivity contribution in [1.82, 2.24) is 9.55 Å². The Morgan fingerprint density at radius 3 is 2.81 bits per heavy atom. The van der Waals surface area contributed by atoms with Gasteiger partial charge in [-0.15, -0.1) is 0 Å². The normalized spacial score (nSPS) is 16.9. The number of aromatic nitrogens is 2. The second-order valence-corrected chi connectivity index (χ2v) is 6.40. The van der Waals surface area contributed by atoms with E-state index < -0.39 is 11.6 Å². The molecule has 0 radical (unpaired) electrons. The molecule has 3 rings (SSSR count). The van der Waals surface area contributed by atoms with Crippen molar-refractivity contribution < 1.29 is 13.5 Å². The van der Waals surface area contributed by atoms with Crippen LogP contribution in [0.1, 0.15) is 18.3 Å². The van der Waals surface area contributed by atoms with Crippen LogP contribution in [0.4, 0.5) is 8.78 Å². The number of aryl methyl sites for hydroxylation is 1. The molecule has 1 aliphatic heterocycles. The summed E-state index contributed by atoms with van der Waals surface area (Å²) < 4.78 is 33.5. The van der Waals surface area contributed by atoms with Crippen molar-refractivity contribution >= 4 is 22.5 Å². The summed E-state index contributed by atoms with van der Waals surface area (Å²) in [5, 5.41) is 0.350. The van der Waals surface area contributed by atoms with Crippen molar-refractivity contribution in [2.24, 2.45) is 10.9 Å². The van der Waals surface area contributed by atoms with E-state index in [1.54, 1.807) is 23.6 Å². The molecule has 0 fully saturated rings. The zero-order chi connectivity index (χ0) is 18.8.